The van der Waals surface area contributed by atoms with Gasteiger partial charge in [0.1, 0.15) is 5.75 Å². The van der Waals surface area contributed by atoms with E-state index in [4.69, 9.17) is 22.1 Å². The number of fused-ring (bicyclic) bond motifs is 1. The zero-order valence-electron chi connectivity index (χ0n) is 9.45. The molecule has 0 bridgehead atoms. The van der Waals surface area contributed by atoms with Crippen molar-refractivity contribution < 1.29 is 14.2 Å². The molecule has 1 heterocycles. The van der Waals surface area contributed by atoms with Gasteiger partial charge in [0.05, 0.1) is 15.0 Å². The summed E-state index contributed by atoms with van der Waals surface area (Å²) >= 11 is 0. The van der Waals surface area contributed by atoms with Crippen molar-refractivity contribution in [1.82, 2.24) is 5.32 Å². The summed E-state index contributed by atoms with van der Waals surface area (Å²) in [4.78, 5) is 0. The third-order valence-corrected chi connectivity index (χ3v) is 2.59. The highest BCUT2D eigenvalue weighted by Crippen LogP contribution is 2.38. The summed E-state index contributed by atoms with van der Waals surface area (Å²) in [6.07, 6.45) is 0.677. The minimum atomic E-state index is -0.103. The van der Waals surface area contributed by atoms with Gasteiger partial charge in [-0.15, -0.1) is 0 Å². The first kappa shape index (κ1) is 11.1. The van der Waals surface area contributed by atoms with E-state index in [-0.39, 0.29) is 12.7 Å². The number of hydrogen-bond acceptors (Lipinski definition) is 4. The number of ether oxygens (including phenoxy) is 3. The van der Waals surface area contributed by atoms with Gasteiger partial charge in [-0.2, -0.15) is 0 Å². The van der Waals surface area contributed by atoms with Crippen LogP contribution >= 0.6 is 0 Å². The van der Waals surface area contributed by atoms with Crippen LogP contribution in [0.2, 0.25) is 0 Å². The number of benzene rings is 1. The Morgan fingerprint density at radius 1 is 1.44 bits per heavy atom. The summed E-state index contributed by atoms with van der Waals surface area (Å²) in [7, 11) is 9.29. The second-order valence-electron chi connectivity index (χ2n) is 3.62. The van der Waals surface area contributed by atoms with E-state index in [9.17, 15) is 0 Å². The third kappa shape index (κ3) is 2.09. The lowest BCUT2D eigenvalue weighted by molar-refractivity contribution is 0.174. The molecular weight excluding hydrogens is 205 g/mol. The highest BCUT2D eigenvalue weighted by atomic mass is 16.7. The van der Waals surface area contributed by atoms with Crippen LogP contribution in [-0.4, -0.2) is 34.7 Å². The topological polar surface area (TPSA) is 39.7 Å². The van der Waals surface area contributed by atoms with Gasteiger partial charge >= 0.3 is 0 Å². The third-order valence-electron chi connectivity index (χ3n) is 2.59. The molecule has 1 aromatic rings. The molecule has 0 spiro atoms. The van der Waals surface area contributed by atoms with Gasteiger partial charge in [-0.05, 0) is 31.0 Å². The van der Waals surface area contributed by atoms with Crippen molar-refractivity contribution in [2.45, 2.75) is 12.4 Å². The van der Waals surface area contributed by atoms with Gasteiger partial charge < -0.3 is 19.5 Å². The highest BCUT2D eigenvalue weighted by Gasteiger charge is 2.18. The molecule has 1 unspecified atom stereocenters. The van der Waals surface area contributed by atoms with E-state index in [1.54, 1.807) is 7.11 Å². The molecule has 0 saturated carbocycles. The van der Waals surface area contributed by atoms with Crippen molar-refractivity contribution in [2.75, 3.05) is 21.0 Å². The molecule has 2 radical (unpaired) electrons. The molecule has 16 heavy (non-hydrogen) atoms. The summed E-state index contributed by atoms with van der Waals surface area (Å²) in [5.41, 5.74) is 1.01. The predicted molar refractivity (Wildman–Crippen MR) is 61.4 cm³/mol. The second-order valence-corrected chi connectivity index (χ2v) is 3.62. The van der Waals surface area contributed by atoms with Gasteiger partial charge in [0.25, 0.3) is 0 Å². The van der Waals surface area contributed by atoms with E-state index in [0.717, 1.165) is 22.8 Å². The molecule has 0 saturated heterocycles. The quantitative estimate of drug-likeness (QED) is 0.756. The summed E-state index contributed by atoms with van der Waals surface area (Å²) in [6.45, 7) is 0.264. The first-order valence-corrected chi connectivity index (χ1v) is 5.14. The van der Waals surface area contributed by atoms with Crippen molar-refractivity contribution >= 4 is 7.85 Å². The second kappa shape index (κ2) is 4.66. The van der Waals surface area contributed by atoms with E-state index < -0.39 is 0 Å². The van der Waals surface area contributed by atoms with Crippen LogP contribution in [0.3, 0.4) is 0 Å². The van der Waals surface area contributed by atoms with Gasteiger partial charge in [-0.3, -0.25) is 0 Å². The summed E-state index contributed by atoms with van der Waals surface area (Å²) in [5, 5.41) is 2.98. The lowest BCUT2D eigenvalue weighted by Crippen LogP contribution is -2.27. The average molecular weight is 219 g/mol. The molecule has 0 aromatic heterocycles. The zero-order chi connectivity index (χ0) is 11.5. The molecule has 1 aliphatic rings. The van der Waals surface area contributed by atoms with Crippen molar-refractivity contribution in [3.05, 3.63) is 17.7 Å². The van der Waals surface area contributed by atoms with Crippen LogP contribution in [-0.2, 0) is 6.42 Å². The van der Waals surface area contributed by atoms with Crippen LogP contribution in [0.25, 0.3) is 0 Å². The molecule has 4 nitrogen and oxygen atoms in total. The molecular formula is C11H14BNO3. The molecule has 2 rings (SSSR count). The Hall–Kier alpha value is -1.36. The minimum Gasteiger partial charge on any atom is -0.496 e. The van der Waals surface area contributed by atoms with Crippen LogP contribution in [0.4, 0.5) is 0 Å². The first-order valence-electron chi connectivity index (χ1n) is 5.14. The van der Waals surface area contributed by atoms with E-state index >= 15 is 0 Å². The largest absolute Gasteiger partial charge is 0.496 e. The van der Waals surface area contributed by atoms with Crippen molar-refractivity contribution in [3.63, 3.8) is 0 Å². The molecule has 0 fully saturated rings. The van der Waals surface area contributed by atoms with Gasteiger partial charge in [0.2, 0.25) is 6.79 Å². The van der Waals surface area contributed by atoms with E-state index in [1.165, 1.54) is 0 Å². The first-order chi connectivity index (χ1) is 7.74. The maximum atomic E-state index is 5.84. The highest BCUT2D eigenvalue weighted by molar-refractivity contribution is 6.11. The van der Waals surface area contributed by atoms with Gasteiger partial charge in [-0.25, -0.2) is 0 Å². The fourth-order valence-corrected chi connectivity index (χ4v) is 1.65. The molecule has 1 atom stereocenters. The molecule has 5 heteroatoms. The number of hydrogen-bond donors (Lipinski definition) is 1. The molecule has 1 aliphatic heterocycles. The minimum absolute atomic E-state index is 0.103. The summed E-state index contributed by atoms with van der Waals surface area (Å²) in [5.74, 6) is 2.14. The van der Waals surface area contributed by atoms with Gasteiger partial charge in [0.15, 0.2) is 11.5 Å². The Kier molecular flexibility index (Phi) is 3.24. The standard InChI is InChI=1S/C11H14BNO3/c1-13-11(12)4-7-3-9-10(16-6-15-9)5-8(7)14-2/h3,5,11,13H,4,6H2,1-2H3. The maximum absolute atomic E-state index is 5.84. The normalized spacial score (nSPS) is 14.9. The molecule has 0 amide bonds. The summed E-state index contributed by atoms with van der Waals surface area (Å²) in [6, 6.07) is 3.75. The lowest BCUT2D eigenvalue weighted by Gasteiger charge is -2.14. The van der Waals surface area contributed by atoms with Crippen LogP contribution < -0.4 is 19.5 Å². The molecule has 1 aromatic carbocycles. The Balaban J connectivity index is 2.28. The SMILES string of the molecule is [B]C(Cc1cc2c(cc1OC)OCO2)NC. The fourth-order valence-electron chi connectivity index (χ4n) is 1.65. The summed E-state index contributed by atoms with van der Waals surface area (Å²) < 4.78 is 15.9. The average Bonchev–Trinajstić information content (AvgIpc) is 2.74. The number of rotatable bonds is 4. The molecule has 0 aliphatic carbocycles. The van der Waals surface area contributed by atoms with Crippen LogP contribution in [0.15, 0.2) is 12.1 Å². The van der Waals surface area contributed by atoms with Gasteiger partial charge in [0, 0.05) is 6.07 Å². The Morgan fingerprint density at radius 3 is 2.75 bits per heavy atom. The van der Waals surface area contributed by atoms with Gasteiger partial charge in [-0.1, -0.05) is 0 Å². The lowest BCUT2D eigenvalue weighted by atomic mass is 9.89. The Morgan fingerprint density at radius 2 is 2.12 bits per heavy atom. The Labute approximate surface area is 96.3 Å². The van der Waals surface area contributed by atoms with Crippen molar-refractivity contribution in [1.29, 1.82) is 0 Å². The van der Waals surface area contributed by atoms with Crippen molar-refractivity contribution in [2.24, 2.45) is 0 Å². The van der Waals surface area contributed by atoms with E-state index in [0.29, 0.717) is 6.42 Å². The zero-order valence-corrected chi connectivity index (χ0v) is 9.45. The molecule has 84 valence electrons. The number of likely N-dealkylation sites (N-methyl/N-ethyl adjacent to an activating group) is 1. The fraction of sp³-hybridized carbons (Fsp3) is 0.455. The van der Waals surface area contributed by atoms with Crippen LogP contribution in [0.1, 0.15) is 5.56 Å². The predicted octanol–water partition coefficient (Wildman–Crippen LogP) is 0.680. The number of nitrogens with one attached hydrogen (secondary N) is 1. The molecule has 1 N–H and O–H groups in total. The Bertz CT molecular complexity index is 384. The number of methoxy groups -OCH3 is 1. The maximum Gasteiger partial charge on any atom is 0.231 e. The smallest absolute Gasteiger partial charge is 0.231 e. The van der Waals surface area contributed by atoms with Crippen LogP contribution in [0.5, 0.6) is 17.2 Å². The van der Waals surface area contributed by atoms with E-state index in [1.807, 2.05) is 19.2 Å². The monoisotopic (exact) mass is 219 g/mol. The van der Waals surface area contributed by atoms with Crippen LogP contribution in [0, 0.1) is 0 Å². The van der Waals surface area contributed by atoms with E-state index in [2.05, 4.69) is 5.32 Å². The van der Waals surface area contributed by atoms with Crippen molar-refractivity contribution in [3.8, 4) is 17.2 Å².